The van der Waals surface area contributed by atoms with Crippen molar-refractivity contribution in [2.24, 2.45) is 0 Å². The molecular formula is C18H23N3O3S. The van der Waals surface area contributed by atoms with E-state index in [9.17, 15) is 4.79 Å². The summed E-state index contributed by atoms with van der Waals surface area (Å²) in [7, 11) is 0. The molecule has 1 fully saturated rings. The minimum Gasteiger partial charge on any atom is -0.465 e. The van der Waals surface area contributed by atoms with Crippen molar-refractivity contribution < 1.29 is 13.9 Å². The summed E-state index contributed by atoms with van der Waals surface area (Å²) < 4.78 is 11.3. The SMILES string of the molecule is Cc1ccc(C(CNC(=O)CSc2ccncc2)N2CCOCC2)o1. The van der Waals surface area contributed by atoms with Crippen LogP contribution in [0.2, 0.25) is 0 Å². The minimum absolute atomic E-state index is 0.0170. The third kappa shape index (κ3) is 5.32. The summed E-state index contributed by atoms with van der Waals surface area (Å²) in [4.78, 5) is 19.5. The molecule has 0 aromatic carbocycles. The van der Waals surface area contributed by atoms with Gasteiger partial charge in [0.1, 0.15) is 11.5 Å². The fourth-order valence-corrected chi connectivity index (χ4v) is 3.49. The fraction of sp³-hybridized carbons (Fsp3) is 0.444. The van der Waals surface area contributed by atoms with E-state index in [-0.39, 0.29) is 11.9 Å². The highest BCUT2D eigenvalue weighted by atomic mass is 32.2. The molecule has 1 saturated heterocycles. The summed E-state index contributed by atoms with van der Waals surface area (Å²) in [5, 5.41) is 3.04. The normalized spacial score (nSPS) is 16.5. The molecule has 1 N–H and O–H groups in total. The van der Waals surface area contributed by atoms with Gasteiger partial charge in [-0.25, -0.2) is 0 Å². The molecule has 0 aliphatic carbocycles. The average molecular weight is 361 g/mol. The van der Waals surface area contributed by atoms with E-state index in [1.54, 1.807) is 12.4 Å². The number of aromatic nitrogens is 1. The Bertz CT molecular complexity index is 671. The highest BCUT2D eigenvalue weighted by molar-refractivity contribution is 8.00. The van der Waals surface area contributed by atoms with E-state index in [1.807, 2.05) is 31.2 Å². The summed E-state index contributed by atoms with van der Waals surface area (Å²) in [6.45, 7) is 5.56. The van der Waals surface area contributed by atoms with Crippen molar-refractivity contribution in [3.63, 3.8) is 0 Å². The van der Waals surface area contributed by atoms with E-state index in [0.717, 1.165) is 29.5 Å². The van der Waals surface area contributed by atoms with Crippen molar-refractivity contribution in [2.45, 2.75) is 17.9 Å². The molecule has 134 valence electrons. The minimum atomic E-state index is 0.0170. The van der Waals surface area contributed by atoms with Crippen molar-refractivity contribution >= 4 is 17.7 Å². The first-order valence-corrected chi connectivity index (χ1v) is 9.38. The molecular weight excluding hydrogens is 338 g/mol. The number of thioether (sulfide) groups is 1. The Labute approximate surface area is 151 Å². The number of hydrogen-bond acceptors (Lipinski definition) is 6. The Morgan fingerprint density at radius 3 is 2.72 bits per heavy atom. The number of aryl methyl sites for hydroxylation is 1. The molecule has 6 nitrogen and oxygen atoms in total. The van der Waals surface area contributed by atoms with Crippen molar-refractivity contribution in [3.05, 3.63) is 48.2 Å². The van der Waals surface area contributed by atoms with Gasteiger partial charge in [0.25, 0.3) is 0 Å². The standard InChI is InChI=1S/C18H23N3O3S/c1-14-2-3-17(24-14)16(21-8-10-23-11-9-21)12-20-18(22)13-25-15-4-6-19-7-5-15/h2-7,16H,8-13H2,1H3,(H,20,22). The first-order chi connectivity index (χ1) is 12.2. The van der Waals surface area contributed by atoms with Gasteiger partial charge in [0, 0.05) is 36.9 Å². The van der Waals surface area contributed by atoms with Gasteiger partial charge in [-0.2, -0.15) is 0 Å². The topological polar surface area (TPSA) is 67.6 Å². The number of rotatable bonds is 7. The van der Waals surface area contributed by atoms with Gasteiger partial charge in [-0.05, 0) is 31.2 Å². The van der Waals surface area contributed by atoms with Crippen LogP contribution in [0.1, 0.15) is 17.6 Å². The molecule has 0 saturated carbocycles. The van der Waals surface area contributed by atoms with Crippen LogP contribution in [0, 0.1) is 6.92 Å². The highest BCUT2D eigenvalue weighted by Crippen LogP contribution is 2.23. The number of furan rings is 1. The molecule has 0 spiro atoms. The molecule has 1 aliphatic heterocycles. The second kappa shape index (κ2) is 9.03. The fourth-order valence-electron chi connectivity index (χ4n) is 2.78. The first-order valence-electron chi connectivity index (χ1n) is 8.40. The predicted octanol–water partition coefficient (Wildman–Crippen LogP) is 2.26. The summed E-state index contributed by atoms with van der Waals surface area (Å²) >= 11 is 1.51. The van der Waals surface area contributed by atoms with Crippen molar-refractivity contribution in [3.8, 4) is 0 Å². The van der Waals surface area contributed by atoms with Crippen LogP contribution in [0.15, 0.2) is 46.0 Å². The number of carbonyl (C=O) groups is 1. The Hall–Kier alpha value is -1.83. The number of pyridine rings is 1. The van der Waals surface area contributed by atoms with Crippen LogP contribution in [0.5, 0.6) is 0 Å². The number of carbonyl (C=O) groups excluding carboxylic acids is 1. The summed E-state index contributed by atoms with van der Waals surface area (Å²) in [5.74, 6) is 2.18. The van der Waals surface area contributed by atoms with Crippen LogP contribution < -0.4 is 5.32 Å². The lowest BCUT2D eigenvalue weighted by Gasteiger charge is -2.33. The third-order valence-electron chi connectivity index (χ3n) is 4.09. The molecule has 3 rings (SSSR count). The number of amides is 1. The Morgan fingerprint density at radius 1 is 1.28 bits per heavy atom. The van der Waals surface area contributed by atoms with E-state index >= 15 is 0 Å². The lowest BCUT2D eigenvalue weighted by Crippen LogP contribution is -2.44. The first kappa shape index (κ1) is 18.0. The summed E-state index contributed by atoms with van der Waals surface area (Å²) in [5.41, 5.74) is 0. The van der Waals surface area contributed by atoms with Crippen LogP contribution in [-0.4, -0.2) is 54.4 Å². The van der Waals surface area contributed by atoms with Crippen LogP contribution >= 0.6 is 11.8 Å². The average Bonchev–Trinajstić information content (AvgIpc) is 3.08. The molecule has 1 unspecified atom stereocenters. The lowest BCUT2D eigenvalue weighted by molar-refractivity contribution is -0.118. The zero-order valence-electron chi connectivity index (χ0n) is 14.3. The Balaban J connectivity index is 1.55. The molecule has 1 atom stereocenters. The Kier molecular flexibility index (Phi) is 6.49. The molecule has 7 heteroatoms. The van der Waals surface area contributed by atoms with Crippen LogP contribution in [0.3, 0.4) is 0 Å². The summed E-state index contributed by atoms with van der Waals surface area (Å²) in [6, 6.07) is 7.80. The van der Waals surface area contributed by atoms with Crippen LogP contribution in [-0.2, 0) is 9.53 Å². The van der Waals surface area contributed by atoms with Gasteiger partial charge in [0.2, 0.25) is 5.91 Å². The van der Waals surface area contributed by atoms with Gasteiger partial charge < -0.3 is 14.5 Å². The smallest absolute Gasteiger partial charge is 0.230 e. The predicted molar refractivity (Wildman–Crippen MR) is 96.5 cm³/mol. The molecule has 0 bridgehead atoms. The Morgan fingerprint density at radius 2 is 2.04 bits per heavy atom. The number of nitrogens with one attached hydrogen (secondary N) is 1. The number of hydrogen-bond donors (Lipinski definition) is 1. The third-order valence-corrected chi connectivity index (χ3v) is 5.10. The zero-order chi connectivity index (χ0) is 17.5. The van der Waals surface area contributed by atoms with E-state index < -0.39 is 0 Å². The van der Waals surface area contributed by atoms with E-state index in [4.69, 9.17) is 9.15 Å². The number of nitrogens with zero attached hydrogens (tertiary/aromatic N) is 2. The number of morpholine rings is 1. The zero-order valence-corrected chi connectivity index (χ0v) is 15.1. The van der Waals surface area contributed by atoms with Crippen LogP contribution in [0.4, 0.5) is 0 Å². The van der Waals surface area contributed by atoms with E-state index in [0.29, 0.717) is 25.5 Å². The largest absolute Gasteiger partial charge is 0.465 e. The van der Waals surface area contributed by atoms with Gasteiger partial charge in [0.15, 0.2) is 0 Å². The second-order valence-corrected chi connectivity index (χ2v) is 6.94. The van der Waals surface area contributed by atoms with Gasteiger partial charge in [-0.1, -0.05) is 0 Å². The molecule has 0 radical (unpaired) electrons. The monoisotopic (exact) mass is 361 g/mol. The van der Waals surface area contributed by atoms with Gasteiger partial charge in [-0.15, -0.1) is 11.8 Å². The van der Waals surface area contributed by atoms with Crippen molar-refractivity contribution in [1.29, 1.82) is 0 Å². The molecule has 2 aromatic rings. The molecule has 1 amide bonds. The maximum Gasteiger partial charge on any atom is 0.230 e. The van der Waals surface area contributed by atoms with Gasteiger partial charge in [-0.3, -0.25) is 14.7 Å². The number of ether oxygens (including phenoxy) is 1. The maximum atomic E-state index is 12.2. The van der Waals surface area contributed by atoms with Gasteiger partial charge >= 0.3 is 0 Å². The quantitative estimate of drug-likeness (QED) is 0.763. The molecule has 25 heavy (non-hydrogen) atoms. The second-order valence-electron chi connectivity index (χ2n) is 5.89. The van der Waals surface area contributed by atoms with Crippen molar-refractivity contribution in [1.82, 2.24) is 15.2 Å². The lowest BCUT2D eigenvalue weighted by atomic mass is 10.1. The van der Waals surface area contributed by atoms with Crippen molar-refractivity contribution in [2.75, 3.05) is 38.6 Å². The summed E-state index contributed by atoms with van der Waals surface area (Å²) in [6.07, 6.45) is 3.46. The van der Waals surface area contributed by atoms with E-state index in [2.05, 4.69) is 15.2 Å². The van der Waals surface area contributed by atoms with Gasteiger partial charge in [0.05, 0.1) is 25.0 Å². The molecule has 2 aromatic heterocycles. The molecule has 3 heterocycles. The maximum absolute atomic E-state index is 12.2. The highest BCUT2D eigenvalue weighted by Gasteiger charge is 2.25. The van der Waals surface area contributed by atoms with Crippen LogP contribution in [0.25, 0.3) is 0 Å². The molecule has 1 aliphatic rings. The van der Waals surface area contributed by atoms with E-state index in [1.165, 1.54) is 11.8 Å².